The molecule has 1 unspecified atom stereocenters. The van der Waals surface area contributed by atoms with Crippen LogP contribution in [-0.4, -0.2) is 5.11 Å². The van der Waals surface area contributed by atoms with Gasteiger partial charge in [-0.05, 0) is 37.0 Å². The van der Waals surface area contributed by atoms with Crippen LogP contribution in [0.3, 0.4) is 0 Å². The van der Waals surface area contributed by atoms with E-state index in [2.05, 4.69) is 6.58 Å². The number of aliphatic hydroxyl groups excluding tert-OH is 1. The maximum Gasteiger partial charge on any atom is 0.416 e. The molecule has 0 aliphatic rings. The molecular formula is C13H15F3O. The zero-order valence-corrected chi connectivity index (χ0v) is 9.37. The van der Waals surface area contributed by atoms with E-state index < -0.39 is 17.8 Å². The third kappa shape index (κ3) is 4.23. The zero-order chi connectivity index (χ0) is 12.9. The maximum absolute atomic E-state index is 12.4. The molecule has 0 aliphatic carbocycles. The van der Waals surface area contributed by atoms with Crippen molar-refractivity contribution < 1.29 is 18.3 Å². The lowest BCUT2D eigenvalue weighted by Crippen LogP contribution is -2.06. The number of halogens is 3. The molecule has 1 atom stereocenters. The Morgan fingerprint density at radius 2 is 2.06 bits per heavy atom. The van der Waals surface area contributed by atoms with Crippen LogP contribution in [0.15, 0.2) is 36.9 Å². The predicted octanol–water partition coefficient (Wildman–Crippen LogP) is 4.10. The van der Waals surface area contributed by atoms with Crippen molar-refractivity contribution in [2.24, 2.45) is 0 Å². The predicted molar refractivity (Wildman–Crippen MR) is 60.5 cm³/mol. The summed E-state index contributed by atoms with van der Waals surface area (Å²) in [6.45, 7) is 3.55. The minimum absolute atomic E-state index is 0.309. The van der Waals surface area contributed by atoms with Crippen LogP contribution in [0.4, 0.5) is 13.2 Å². The summed E-state index contributed by atoms with van der Waals surface area (Å²) in [7, 11) is 0. The van der Waals surface area contributed by atoms with E-state index in [1.807, 2.05) is 0 Å². The number of allylic oxidation sites excluding steroid dienone is 1. The SMILES string of the molecule is C=CCCCC(O)c1cccc(C(F)(F)F)c1. The molecule has 1 nitrogen and oxygen atoms in total. The van der Waals surface area contributed by atoms with Crippen LogP contribution in [0.2, 0.25) is 0 Å². The Balaban J connectivity index is 2.74. The second kappa shape index (κ2) is 5.87. The van der Waals surface area contributed by atoms with Crippen LogP contribution in [0.1, 0.15) is 36.5 Å². The van der Waals surface area contributed by atoms with E-state index >= 15 is 0 Å². The van der Waals surface area contributed by atoms with Crippen molar-refractivity contribution in [1.29, 1.82) is 0 Å². The third-order valence-corrected chi connectivity index (χ3v) is 2.48. The van der Waals surface area contributed by atoms with Crippen molar-refractivity contribution in [3.05, 3.63) is 48.0 Å². The topological polar surface area (TPSA) is 20.2 Å². The molecule has 0 saturated carbocycles. The molecule has 94 valence electrons. The van der Waals surface area contributed by atoms with Gasteiger partial charge < -0.3 is 5.11 Å². The lowest BCUT2D eigenvalue weighted by atomic mass is 10.0. The van der Waals surface area contributed by atoms with Crippen LogP contribution in [0, 0.1) is 0 Å². The van der Waals surface area contributed by atoms with Gasteiger partial charge in [0.25, 0.3) is 0 Å². The number of hydrogen-bond acceptors (Lipinski definition) is 1. The van der Waals surface area contributed by atoms with E-state index in [9.17, 15) is 18.3 Å². The number of rotatable bonds is 5. The Hall–Kier alpha value is -1.29. The quantitative estimate of drug-likeness (QED) is 0.610. The minimum atomic E-state index is -4.36. The zero-order valence-electron chi connectivity index (χ0n) is 9.37. The van der Waals surface area contributed by atoms with Gasteiger partial charge in [0.05, 0.1) is 11.7 Å². The van der Waals surface area contributed by atoms with E-state index in [1.165, 1.54) is 12.1 Å². The van der Waals surface area contributed by atoms with Crippen LogP contribution in [-0.2, 0) is 6.18 Å². The second-order valence-electron chi connectivity index (χ2n) is 3.86. The standard InChI is InChI=1S/C13H15F3O/c1-2-3-4-8-12(17)10-6-5-7-11(9-10)13(14,15)16/h2,5-7,9,12,17H,1,3-4,8H2. The van der Waals surface area contributed by atoms with Crippen molar-refractivity contribution in [1.82, 2.24) is 0 Å². The first-order valence-electron chi connectivity index (χ1n) is 5.41. The Bertz CT molecular complexity index is 371. The van der Waals surface area contributed by atoms with Gasteiger partial charge in [0.1, 0.15) is 0 Å². The Morgan fingerprint density at radius 1 is 1.35 bits per heavy atom. The highest BCUT2D eigenvalue weighted by Crippen LogP contribution is 2.31. The van der Waals surface area contributed by atoms with E-state index in [4.69, 9.17) is 0 Å². The average Bonchev–Trinajstić information content (AvgIpc) is 2.28. The molecule has 0 radical (unpaired) electrons. The van der Waals surface area contributed by atoms with Gasteiger partial charge in [-0.3, -0.25) is 0 Å². The van der Waals surface area contributed by atoms with Crippen molar-refractivity contribution in [2.75, 3.05) is 0 Å². The molecule has 1 N–H and O–H groups in total. The van der Waals surface area contributed by atoms with Crippen molar-refractivity contribution in [3.8, 4) is 0 Å². The summed E-state index contributed by atoms with van der Waals surface area (Å²) in [6, 6.07) is 4.82. The Labute approximate surface area is 98.6 Å². The summed E-state index contributed by atoms with van der Waals surface area (Å²) in [5.41, 5.74) is -0.415. The lowest BCUT2D eigenvalue weighted by molar-refractivity contribution is -0.137. The molecular weight excluding hydrogens is 229 g/mol. The molecule has 17 heavy (non-hydrogen) atoms. The fourth-order valence-electron chi connectivity index (χ4n) is 1.54. The first-order chi connectivity index (χ1) is 7.95. The summed E-state index contributed by atoms with van der Waals surface area (Å²) in [4.78, 5) is 0. The smallest absolute Gasteiger partial charge is 0.388 e. The molecule has 1 rings (SSSR count). The van der Waals surface area contributed by atoms with Gasteiger partial charge in [-0.15, -0.1) is 6.58 Å². The molecule has 0 aromatic heterocycles. The van der Waals surface area contributed by atoms with E-state index in [0.29, 0.717) is 18.4 Å². The van der Waals surface area contributed by atoms with Gasteiger partial charge in [-0.2, -0.15) is 13.2 Å². The summed E-state index contributed by atoms with van der Waals surface area (Å²) < 4.78 is 37.3. The van der Waals surface area contributed by atoms with Crippen LogP contribution < -0.4 is 0 Å². The monoisotopic (exact) mass is 244 g/mol. The molecule has 0 aliphatic heterocycles. The van der Waals surface area contributed by atoms with E-state index in [0.717, 1.165) is 18.6 Å². The van der Waals surface area contributed by atoms with E-state index in [-0.39, 0.29) is 0 Å². The van der Waals surface area contributed by atoms with Gasteiger partial charge in [-0.1, -0.05) is 18.2 Å². The van der Waals surface area contributed by atoms with Gasteiger partial charge in [0.2, 0.25) is 0 Å². The van der Waals surface area contributed by atoms with Gasteiger partial charge in [0, 0.05) is 0 Å². The molecule has 1 aromatic rings. The summed E-state index contributed by atoms with van der Waals surface area (Å²) in [6.07, 6.45) is -1.60. The van der Waals surface area contributed by atoms with Crippen molar-refractivity contribution in [2.45, 2.75) is 31.5 Å². The number of unbranched alkanes of at least 4 members (excludes halogenated alkanes) is 1. The fourth-order valence-corrected chi connectivity index (χ4v) is 1.54. The van der Waals surface area contributed by atoms with Crippen LogP contribution >= 0.6 is 0 Å². The lowest BCUT2D eigenvalue weighted by Gasteiger charge is -2.13. The Kier molecular flexibility index (Phi) is 4.75. The summed E-state index contributed by atoms with van der Waals surface area (Å²) in [5, 5.41) is 9.74. The van der Waals surface area contributed by atoms with Crippen molar-refractivity contribution in [3.63, 3.8) is 0 Å². The first-order valence-corrected chi connectivity index (χ1v) is 5.41. The first kappa shape index (κ1) is 13.8. The van der Waals surface area contributed by atoms with Gasteiger partial charge >= 0.3 is 6.18 Å². The highest BCUT2D eigenvalue weighted by Gasteiger charge is 2.30. The Morgan fingerprint density at radius 3 is 2.65 bits per heavy atom. The molecule has 0 amide bonds. The molecule has 4 heteroatoms. The molecule has 0 spiro atoms. The van der Waals surface area contributed by atoms with E-state index in [1.54, 1.807) is 6.08 Å². The van der Waals surface area contributed by atoms with Crippen LogP contribution in [0.25, 0.3) is 0 Å². The third-order valence-electron chi connectivity index (χ3n) is 2.48. The number of alkyl halides is 3. The summed E-state index contributed by atoms with van der Waals surface area (Å²) >= 11 is 0. The average molecular weight is 244 g/mol. The number of hydrogen-bond donors (Lipinski definition) is 1. The highest BCUT2D eigenvalue weighted by atomic mass is 19.4. The molecule has 1 aromatic carbocycles. The van der Waals surface area contributed by atoms with Gasteiger partial charge in [-0.25, -0.2) is 0 Å². The second-order valence-corrected chi connectivity index (χ2v) is 3.86. The fraction of sp³-hybridized carbons (Fsp3) is 0.385. The molecule has 0 saturated heterocycles. The normalized spacial score (nSPS) is 13.4. The van der Waals surface area contributed by atoms with Gasteiger partial charge in [0.15, 0.2) is 0 Å². The van der Waals surface area contributed by atoms with Crippen LogP contribution in [0.5, 0.6) is 0 Å². The summed E-state index contributed by atoms with van der Waals surface area (Å²) in [5.74, 6) is 0. The largest absolute Gasteiger partial charge is 0.416 e. The highest BCUT2D eigenvalue weighted by molar-refractivity contribution is 5.27. The maximum atomic E-state index is 12.4. The molecule has 0 bridgehead atoms. The number of benzene rings is 1. The molecule has 0 fully saturated rings. The van der Waals surface area contributed by atoms with Crippen molar-refractivity contribution >= 4 is 0 Å². The number of aliphatic hydroxyl groups is 1. The minimum Gasteiger partial charge on any atom is -0.388 e. The molecule has 0 heterocycles.